The molecule has 2 atom stereocenters. The van der Waals surface area contributed by atoms with Crippen LogP contribution in [0, 0.1) is 13.8 Å². The number of anilines is 1. The van der Waals surface area contributed by atoms with Crippen molar-refractivity contribution in [1.82, 2.24) is 24.5 Å². The van der Waals surface area contributed by atoms with Crippen LogP contribution >= 0.6 is 0 Å². The molecular weight excluding hydrogens is 381 g/mol. The lowest BCUT2D eigenvalue weighted by Crippen LogP contribution is -2.46. The number of pyridine rings is 1. The lowest BCUT2D eigenvalue weighted by atomic mass is 10.0. The molecule has 1 N–H and O–H groups in total. The third kappa shape index (κ3) is 4.05. The van der Waals surface area contributed by atoms with Crippen LogP contribution in [0.4, 0.5) is 16.0 Å². The number of nitrogens with one attached hydrogen (secondary N) is 1. The van der Waals surface area contributed by atoms with Gasteiger partial charge in [0, 0.05) is 30.6 Å². The minimum absolute atomic E-state index is 0.271. The van der Waals surface area contributed by atoms with Gasteiger partial charge in [-0.2, -0.15) is 0 Å². The van der Waals surface area contributed by atoms with E-state index in [9.17, 15) is 4.39 Å². The topological polar surface area (TPSA) is 70.7 Å². The number of alkyl halides is 1. The van der Waals surface area contributed by atoms with Crippen LogP contribution in [-0.4, -0.2) is 62.5 Å². The van der Waals surface area contributed by atoms with Gasteiger partial charge in [-0.25, -0.2) is 13.9 Å². The number of aliphatic imine (C=N–C) groups is 1. The van der Waals surface area contributed by atoms with Crippen molar-refractivity contribution in [2.24, 2.45) is 4.99 Å². The van der Waals surface area contributed by atoms with Gasteiger partial charge in [-0.15, -0.1) is 5.10 Å². The minimum Gasteiger partial charge on any atom is -0.347 e. The SMILES string of the molecule is CC(C)=Nc1ccc(-c2ccn3nc(NC4CCN(C)C[C@@H]4F)nc(C)c23)nc1C. The van der Waals surface area contributed by atoms with E-state index in [-0.39, 0.29) is 6.04 Å². The summed E-state index contributed by atoms with van der Waals surface area (Å²) in [5, 5.41) is 7.77. The molecule has 1 saturated heterocycles. The first-order valence-electron chi connectivity index (χ1n) is 10.3. The third-order valence-corrected chi connectivity index (χ3v) is 5.42. The third-order valence-electron chi connectivity index (χ3n) is 5.42. The normalized spacial score (nSPS) is 19.8. The predicted molar refractivity (Wildman–Crippen MR) is 119 cm³/mol. The maximum atomic E-state index is 14.4. The Kier molecular flexibility index (Phi) is 5.51. The molecule has 0 aromatic carbocycles. The Labute approximate surface area is 176 Å². The fourth-order valence-corrected chi connectivity index (χ4v) is 3.92. The molecule has 1 aliphatic heterocycles. The molecule has 4 rings (SSSR count). The average molecular weight is 410 g/mol. The van der Waals surface area contributed by atoms with Gasteiger partial charge in [0.05, 0.1) is 34.3 Å². The van der Waals surface area contributed by atoms with Crippen molar-refractivity contribution in [2.45, 2.75) is 46.3 Å². The van der Waals surface area contributed by atoms with E-state index in [1.807, 2.05) is 64.0 Å². The first kappa shape index (κ1) is 20.4. The lowest BCUT2D eigenvalue weighted by Gasteiger charge is -2.32. The van der Waals surface area contributed by atoms with Gasteiger partial charge >= 0.3 is 0 Å². The second-order valence-corrected chi connectivity index (χ2v) is 8.22. The molecule has 30 heavy (non-hydrogen) atoms. The molecule has 1 unspecified atom stereocenters. The van der Waals surface area contributed by atoms with Crippen LogP contribution in [0.15, 0.2) is 29.4 Å². The molecule has 0 aliphatic carbocycles. The first-order valence-corrected chi connectivity index (χ1v) is 10.3. The Bertz CT molecular complexity index is 1100. The number of hydrogen-bond donors (Lipinski definition) is 1. The van der Waals surface area contributed by atoms with E-state index >= 15 is 0 Å². The summed E-state index contributed by atoms with van der Waals surface area (Å²) in [5.41, 5.74) is 6.29. The van der Waals surface area contributed by atoms with Gasteiger partial charge in [0.15, 0.2) is 0 Å². The summed E-state index contributed by atoms with van der Waals surface area (Å²) in [5.74, 6) is 0.451. The van der Waals surface area contributed by atoms with E-state index in [0.717, 1.165) is 52.5 Å². The van der Waals surface area contributed by atoms with Crippen LogP contribution < -0.4 is 5.32 Å². The molecule has 8 heteroatoms. The van der Waals surface area contributed by atoms with Crippen LogP contribution in [0.3, 0.4) is 0 Å². The first-order chi connectivity index (χ1) is 14.3. The van der Waals surface area contributed by atoms with Crippen LogP contribution in [0.25, 0.3) is 16.8 Å². The highest BCUT2D eigenvalue weighted by Gasteiger charge is 2.28. The second kappa shape index (κ2) is 8.10. The van der Waals surface area contributed by atoms with Crippen molar-refractivity contribution >= 4 is 22.9 Å². The summed E-state index contributed by atoms with van der Waals surface area (Å²) >= 11 is 0. The number of piperidine rings is 1. The maximum absolute atomic E-state index is 14.4. The second-order valence-electron chi connectivity index (χ2n) is 8.22. The zero-order valence-corrected chi connectivity index (χ0v) is 18.1. The molecule has 7 nitrogen and oxygen atoms in total. The van der Waals surface area contributed by atoms with Gasteiger partial charge in [0.1, 0.15) is 6.17 Å². The molecule has 4 heterocycles. The Morgan fingerprint density at radius 2 is 1.97 bits per heavy atom. The molecule has 0 spiro atoms. The average Bonchev–Trinajstić information content (AvgIpc) is 3.10. The highest BCUT2D eigenvalue weighted by Crippen LogP contribution is 2.29. The summed E-state index contributed by atoms with van der Waals surface area (Å²) in [4.78, 5) is 15.9. The molecule has 0 amide bonds. The van der Waals surface area contributed by atoms with E-state index in [2.05, 4.69) is 20.4 Å². The molecule has 0 bridgehead atoms. The summed E-state index contributed by atoms with van der Waals surface area (Å²) in [6.07, 6.45) is 1.68. The molecule has 3 aromatic heterocycles. The summed E-state index contributed by atoms with van der Waals surface area (Å²) in [6, 6.07) is 5.68. The number of nitrogens with zero attached hydrogens (tertiary/aromatic N) is 6. The maximum Gasteiger partial charge on any atom is 0.241 e. The van der Waals surface area contributed by atoms with Gasteiger partial charge in [-0.05, 0) is 59.4 Å². The zero-order chi connectivity index (χ0) is 21.4. The van der Waals surface area contributed by atoms with Gasteiger partial charge in [-0.3, -0.25) is 9.98 Å². The number of aryl methyl sites for hydroxylation is 2. The van der Waals surface area contributed by atoms with Crippen LogP contribution in [0.5, 0.6) is 0 Å². The zero-order valence-electron chi connectivity index (χ0n) is 18.1. The Balaban J connectivity index is 1.65. The Morgan fingerprint density at radius 1 is 1.17 bits per heavy atom. The van der Waals surface area contributed by atoms with Crippen molar-refractivity contribution < 1.29 is 4.39 Å². The smallest absolute Gasteiger partial charge is 0.241 e. The number of aromatic nitrogens is 4. The molecule has 1 fully saturated rings. The van der Waals surface area contributed by atoms with Crippen molar-refractivity contribution in [2.75, 3.05) is 25.5 Å². The number of halogens is 1. The van der Waals surface area contributed by atoms with Crippen molar-refractivity contribution in [3.05, 3.63) is 35.8 Å². The lowest BCUT2D eigenvalue weighted by molar-refractivity contribution is 0.149. The van der Waals surface area contributed by atoms with E-state index in [1.165, 1.54) is 0 Å². The van der Waals surface area contributed by atoms with E-state index in [0.29, 0.717) is 12.5 Å². The highest BCUT2D eigenvalue weighted by molar-refractivity contribution is 5.84. The summed E-state index contributed by atoms with van der Waals surface area (Å²) < 4.78 is 16.2. The number of hydrogen-bond acceptors (Lipinski definition) is 6. The fourth-order valence-electron chi connectivity index (χ4n) is 3.92. The van der Waals surface area contributed by atoms with E-state index in [1.54, 1.807) is 4.52 Å². The molecule has 1 aliphatic rings. The molecule has 0 saturated carbocycles. The number of rotatable bonds is 4. The van der Waals surface area contributed by atoms with Crippen LogP contribution in [0.2, 0.25) is 0 Å². The number of fused-ring (bicyclic) bond motifs is 1. The van der Waals surface area contributed by atoms with Crippen LogP contribution in [0.1, 0.15) is 31.7 Å². The van der Waals surface area contributed by atoms with E-state index < -0.39 is 6.17 Å². The largest absolute Gasteiger partial charge is 0.347 e. The van der Waals surface area contributed by atoms with Crippen molar-refractivity contribution in [3.63, 3.8) is 0 Å². The monoisotopic (exact) mass is 409 g/mol. The van der Waals surface area contributed by atoms with Crippen molar-refractivity contribution in [3.8, 4) is 11.3 Å². The Morgan fingerprint density at radius 3 is 2.67 bits per heavy atom. The molecular formula is C22H28FN7. The van der Waals surface area contributed by atoms with E-state index in [4.69, 9.17) is 4.98 Å². The standard InChI is InChI=1S/C22H28FN7/c1-13(2)24-18-6-7-19(25-14(18)3)16-8-11-30-21(16)15(4)26-22(28-30)27-20-9-10-29(5)12-17(20)23/h6-8,11,17,20H,9-10,12H2,1-5H3,(H,27,28)/t17-,20?/m0/s1. The van der Waals surface area contributed by atoms with Crippen molar-refractivity contribution in [1.29, 1.82) is 0 Å². The summed E-state index contributed by atoms with van der Waals surface area (Å²) in [7, 11) is 1.94. The summed E-state index contributed by atoms with van der Waals surface area (Å²) in [6.45, 7) is 9.13. The van der Waals surface area contributed by atoms with Gasteiger partial charge < -0.3 is 10.2 Å². The van der Waals surface area contributed by atoms with Crippen LogP contribution in [-0.2, 0) is 0 Å². The minimum atomic E-state index is -0.941. The fraction of sp³-hybridized carbons (Fsp3) is 0.455. The van der Waals surface area contributed by atoms with Gasteiger partial charge in [-0.1, -0.05) is 0 Å². The molecule has 0 radical (unpaired) electrons. The molecule has 158 valence electrons. The highest BCUT2D eigenvalue weighted by atomic mass is 19.1. The molecule has 3 aromatic rings. The van der Waals surface area contributed by atoms with Gasteiger partial charge in [0.25, 0.3) is 0 Å². The number of likely N-dealkylation sites (tertiary alicyclic amines) is 1. The quantitative estimate of drug-likeness (QED) is 0.660. The Hall–Kier alpha value is -2.87. The van der Waals surface area contributed by atoms with Gasteiger partial charge in [0.2, 0.25) is 5.95 Å². The predicted octanol–water partition coefficient (Wildman–Crippen LogP) is 3.97.